The maximum Gasteiger partial charge on any atom is 0.573 e. The molecule has 116 valence electrons. The van der Waals surface area contributed by atoms with E-state index in [0.717, 1.165) is 30.0 Å². The van der Waals surface area contributed by atoms with E-state index in [2.05, 4.69) is 20.3 Å². The zero-order chi connectivity index (χ0) is 15.7. The molecule has 1 saturated carbocycles. The van der Waals surface area contributed by atoms with Crippen molar-refractivity contribution in [2.45, 2.75) is 25.1 Å². The fourth-order valence-corrected chi connectivity index (χ4v) is 2.67. The summed E-state index contributed by atoms with van der Waals surface area (Å²) < 4.78 is 39.9. The summed E-state index contributed by atoms with van der Waals surface area (Å²) in [6, 6.07) is 4.66. The number of carbonyl (C=O) groups excluding carboxylic acids is 1. The molecule has 5 nitrogen and oxygen atoms in total. The lowest BCUT2D eigenvalue weighted by molar-refractivity contribution is -0.274. The van der Waals surface area contributed by atoms with E-state index in [1.165, 1.54) is 23.5 Å². The molecule has 1 N–H and O–H groups in total. The first-order chi connectivity index (χ1) is 10.4. The van der Waals surface area contributed by atoms with Crippen LogP contribution in [0.2, 0.25) is 0 Å². The summed E-state index contributed by atoms with van der Waals surface area (Å²) in [4.78, 5) is 12.0. The molecule has 1 aliphatic rings. The van der Waals surface area contributed by atoms with E-state index < -0.39 is 12.3 Å². The number of nitrogens with one attached hydrogen (secondary N) is 1. The minimum absolute atomic E-state index is 0.206. The van der Waals surface area contributed by atoms with E-state index in [1.54, 1.807) is 0 Å². The number of benzene rings is 1. The summed E-state index contributed by atoms with van der Waals surface area (Å²) >= 11 is 1.31. The van der Waals surface area contributed by atoms with Crippen molar-refractivity contribution in [3.63, 3.8) is 0 Å². The van der Waals surface area contributed by atoms with E-state index >= 15 is 0 Å². The Hall–Kier alpha value is -2.16. The van der Waals surface area contributed by atoms with Gasteiger partial charge in [-0.2, -0.15) is 0 Å². The summed E-state index contributed by atoms with van der Waals surface area (Å²) in [5.41, 5.74) is 0.206. The van der Waals surface area contributed by atoms with Gasteiger partial charge in [0.2, 0.25) is 5.13 Å². The second-order valence-corrected chi connectivity index (χ2v) is 5.76. The highest BCUT2D eigenvalue weighted by molar-refractivity contribution is 7.15. The Kier molecular flexibility index (Phi) is 3.73. The fraction of sp³-hybridized carbons (Fsp3) is 0.308. The van der Waals surface area contributed by atoms with E-state index in [4.69, 9.17) is 0 Å². The van der Waals surface area contributed by atoms with Gasteiger partial charge in [-0.1, -0.05) is 11.3 Å². The molecule has 1 heterocycles. The van der Waals surface area contributed by atoms with Crippen LogP contribution in [0.25, 0.3) is 0 Å². The van der Waals surface area contributed by atoms with Crippen molar-refractivity contribution in [3.8, 4) is 5.75 Å². The van der Waals surface area contributed by atoms with Crippen LogP contribution in [0.3, 0.4) is 0 Å². The van der Waals surface area contributed by atoms with Gasteiger partial charge in [0, 0.05) is 11.5 Å². The molecule has 1 amide bonds. The fourth-order valence-electron chi connectivity index (χ4n) is 1.76. The maximum atomic E-state index is 12.0. The minimum atomic E-state index is -4.75. The summed E-state index contributed by atoms with van der Waals surface area (Å²) in [7, 11) is 0. The van der Waals surface area contributed by atoms with E-state index in [1.807, 2.05) is 0 Å². The predicted molar refractivity (Wildman–Crippen MR) is 73.0 cm³/mol. The number of carbonyl (C=O) groups is 1. The molecule has 0 radical (unpaired) electrons. The van der Waals surface area contributed by atoms with Crippen molar-refractivity contribution >= 4 is 22.4 Å². The van der Waals surface area contributed by atoms with Gasteiger partial charge in [-0.3, -0.25) is 10.1 Å². The third-order valence-electron chi connectivity index (χ3n) is 2.94. The van der Waals surface area contributed by atoms with Crippen LogP contribution in [0.15, 0.2) is 24.3 Å². The molecular weight excluding hydrogens is 319 g/mol. The summed E-state index contributed by atoms with van der Waals surface area (Å²) in [6.07, 6.45) is -2.58. The smallest absolute Gasteiger partial charge is 0.406 e. The normalized spacial score (nSPS) is 14.7. The molecule has 0 saturated heterocycles. The largest absolute Gasteiger partial charge is 0.573 e. The third kappa shape index (κ3) is 3.73. The molecule has 0 aliphatic heterocycles. The highest BCUT2D eigenvalue weighted by atomic mass is 32.1. The number of alkyl halides is 3. The monoisotopic (exact) mass is 329 g/mol. The quantitative estimate of drug-likeness (QED) is 0.931. The van der Waals surface area contributed by atoms with Gasteiger partial charge in [0.25, 0.3) is 5.91 Å². The topological polar surface area (TPSA) is 64.1 Å². The number of hydrogen-bond donors (Lipinski definition) is 1. The zero-order valence-electron chi connectivity index (χ0n) is 11.1. The number of aromatic nitrogens is 2. The molecule has 0 unspecified atom stereocenters. The second-order valence-electron chi connectivity index (χ2n) is 4.75. The van der Waals surface area contributed by atoms with Crippen LogP contribution >= 0.6 is 11.3 Å². The van der Waals surface area contributed by atoms with Crippen LogP contribution in [0, 0.1) is 0 Å². The Morgan fingerprint density at radius 3 is 2.50 bits per heavy atom. The summed E-state index contributed by atoms with van der Waals surface area (Å²) in [6.45, 7) is 0. The van der Waals surface area contributed by atoms with Gasteiger partial charge in [-0.05, 0) is 37.1 Å². The first kappa shape index (κ1) is 14.8. The number of amides is 1. The van der Waals surface area contributed by atoms with Crippen molar-refractivity contribution in [1.29, 1.82) is 0 Å². The molecule has 2 aromatic rings. The number of halogens is 3. The van der Waals surface area contributed by atoms with Gasteiger partial charge in [0.15, 0.2) is 0 Å². The van der Waals surface area contributed by atoms with Crippen LogP contribution in [0.1, 0.15) is 34.1 Å². The molecule has 9 heteroatoms. The molecule has 1 aromatic heterocycles. The Morgan fingerprint density at radius 2 is 1.91 bits per heavy atom. The lowest BCUT2D eigenvalue weighted by Crippen LogP contribution is -2.17. The standard InChI is InChI=1S/C13H10F3N3O2S/c14-13(15,16)21-9-5-3-7(4-6-9)10(20)17-12-19-18-11(22-12)8-1-2-8/h3-6,8H,1-2H2,(H,17,19,20). The van der Waals surface area contributed by atoms with Gasteiger partial charge in [-0.25, -0.2) is 0 Å². The lowest BCUT2D eigenvalue weighted by Gasteiger charge is -2.08. The lowest BCUT2D eigenvalue weighted by atomic mass is 10.2. The van der Waals surface area contributed by atoms with Crippen molar-refractivity contribution in [2.75, 3.05) is 5.32 Å². The van der Waals surface area contributed by atoms with Crippen molar-refractivity contribution in [1.82, 2.24) is 10.2 Å². The summed E-state index contributed by atoms with van der Waals surface area (Å²) in [5, 5.41) is 11.7. The Labute approximate surface area is 127 Å². The molecule has 1 aliphatic carbocycles. The molecule has 1 aromatic carbocycles. The maximum absolute atomic E-state index is 12.0. The van der Waals surface area contributed by atoms with Gasteiger partial charge in [0.05, 0.1) is 0 Å². The van der Waals surface area contributed by atoms with Crippen molar-refractivity contribution in [2.24, 2.45) is 0 Å². The average Bonchev–Trinajstić information content (AvgIpc) is 3.19. The Morgan fingerprint density at radius 1 is 1.23 bits per heavy atom. The van der Waals surface area contributed by atoms with Crippen molar-refractivity contribution in [3.05, 3.63) is 34.8 Å². The molecule has 0 spiro atoms. The Balaban J connectivity index is 1.63. The van der Waals surface area contributed by atoms with Crippen LogP contribution < -0.4 is 10.1 Å². The highest BCUT2D eigenvalue weighted by Crippen LogP contribution is 2.42. The number of hydrogen-bond acceptors (Lipinski definition) is 5. The Bertz CT molecular complexity index is 681. The molecule has 1 fully saturated rings. The third-order valence-corrected chi connectivity index (χ3v) is 3.94. The number of anilines is 1. The summed E-state index contributed by atoms with van der Waals surface area (Å²) in [5.74, 6) is -0.394. The van der Waals surface area contributed by atoms with Gasteiger partial charge < -0.3 is 4.74 Å². The molecule has 22 heavy (non-hydrogen) atoms. The SMILES string of the molecule is O=C(Nc1nnc(C2CC2)s1)c1ccc(OC(F)(F)F)cc1. The number of ether oxygens (including phenoxy) is 1. The van der Waals surface area contributed by atoms with Gasteiger partial charge in [0.1, 0.15) is 10.8 Å². The molecular formula is C13H10F3N3O2S. The van der Waals surface area contributed by atoms with Crippen LogP contribution in [0.4, 0.5) is 18.3 Å². The van der Waals surface area contributed by atoms with Gasteiger partial charge >= 0.3 is 6.36 Å². The van der Waals surface area contributed by atoms with Crippen LogP contribution in [0.5, 0.6) is 5.75 Å². The highest BCUT2D eigenvalue weighted by Gasteiger charge is 2.31. The van der Waals surface area contributed by atoms with Crippen LogP contribution in [-0.2, 0) is 0 Å². The minimum Gasteiger partial charge on any atom is -0.406 e. The van der Waals surface area contributed by atoms with E-state index in [9.17, 15) is 18.0 Å². The number of nitrogens with zero attached hydrogens (tertiary/aromatic N) is 2. The van der Waals surface area contributed by atoms with E-state index in [-0.39, 0.29) is 11.3 Å². The van der Waals surface area contributed by atoms with Crippen LogP contribution in [-0.4, -0.2) is 22.5 Å². The molecule has 0 atom stereocenters. The molecule has 3 rings (SSSR count). The second kappa shape index (κ2) is 5.56. The predicted octanol–water partition coefficient (Wildman–Crippen LogP) is 3.57. The van der Waals surface area contributed by atoms with Crippen molar-refractivity contribution < 1.29 is 22.7 Å². The first-order valence-electron chi connectivity index (χ1n) is 6.41. The zero-order valence-corrected chi connectivity index (χ0v) is 11.9. The molecule has 0 bridgehead atoms. The van der Waals surface area contributed by atoms with E-state index in [0.29, 0.717) is 11.0 Å². The average molecular weight is 329 g/mol. The first-order valence-corrected chi connectivity index (χ1v) is 7.23. The van der Waals surface area contributed by atoms with Gasteiger partial charge in [-0.15, -0.1) is 23.4 Å². The number of rotatable bonds is 4.